The lowest BCUT2D eigenvalue weighted by atomic mass is 9.97. The van der Waals surface area contributed by atoms with Crippen LogP contribution in [0.5, 0.6) is 0 Å². The smallest absolute Gasteiger partial charge is 0.355 e. The molecule has 2 rings (SSSR count). The van der Waals surface area contributed by atoms with Gasteiger partial charge in [0, 0.05) is 18.7 Å². The molecule has 1 atom stereocenters. The number of fused-ring (bicyclic) bond motifs is 1. The van der Waals surface area contributed by atoms with Gasteiger partial charge in [0.15, 0.2) is 16.8 Å². The number of nitrogens with zero attached hydrogens (tertiary/aromatic N) is 3. The molecule has 1 amide bonds. The fourth-order valence-electron chi connectivity index (χ4n) is 2.56. The monoisotopic (exact) mass is 479 g/mol. The molecular weight excluding hydrogens is 458 g/mol. The predicted molar refractivity (Wildman–Crippen MR) is 118 cm³/mol. The fraction of sp³-hybridized carbons (Fsp3) is 0.368. The van der Waals surface area contributed by atoms with Crippen molar-refractivity contribution in [3.63, 3.8) is 0 Å². The number of benzene rings is 1. The van der Waals surface area contributed by atoms with Crippen LogP contribution in [0.3, 0.4) is 0 Å². The molecule has 0 aliphatic heterocycles. The Morgan fingerprint density at radius 3 is 2.58 bits per heavy atom. The zero-order valence-electron chi connectivity index (χ0n) is 17.9. The van der Waals surface area contributed by atoms with E-state index in [-0.39, 0.29) is 10.8 Å². The Hall–Kier alpha value is -3.94. The molecule has 0 unspecified atom stereocenters. The average molecular weight is 479 g/mol. The zero-order valence-corrected chi connectivity index (χ0v) is 18.8. The molecular formula is C19H21N5O8S. The van der Waals surface area contributed by atoms with Crippen LogP contribution in [-0.4, -0.2) is 60.0 Å². The number of hydrogen-bond donors (Lipinski definition) is 2. The van der Waals surface area contributed by atoms with Crippen LogP contribution < -0.4 is 10.7 Å². The molecule has 0 radical (unpaired) electrons. The maximum atomic E-state index is 12.8. The molecule has 1 aromatic carbocycles. The Kier molecular flexibility index (Phi) is 8.91. The SMILES string of the molecule is CCCCN/N=C(/C(=O)OC)[C@@H](C(=O)OC)C(=O)C(=O)Nc1nc2ccc([N+](=O)[O-])cc2s1. The summed E-state index contributed by atoms with van der Waals surface area (Å²) in [6.07, 6.45) is 1.52. The van der Waals surface area contributed by atoms with Crippen molar-refractivity contribution in [2.75, 3.05) is 26.1 Å². The average Bonchev–Trinajstić information content (AvgIpc) is 3.21. The number of nitrogens with one attached hydrogen (secondary N) is 2. The van der Waals surface area contributed by atoms with Gasteiger partial charge in [-0.25, -0.2) is 9.78 Å². The topological polar surface area (TPSA) is 179 Å². The Morgan fingerprint density at radius 2 is 1.97 bits per heavy atom. The fourth-order valence-corrected chi connectivity index (χ4v) is 3.45. The van der Waals surface area contributed by atoms with E-state index in [1.165, 1.54) is 18.2 Å². The molecule has 0 bridgehead atoms. The molecule has 0 aliphatic rings. The van der Waals surface area contributed by atoms with Gasteiger partial charge < -0.3 is 14.9 Å². The lowest BCUT2D eigenvalue weighted by molar-refractivity contribution is -0.384. The number of anilines is 1. The number of hydrazone groups is 1. The van der Waals surface area contributed by atoms with Crippen LogP contribution in [0.2, 0.25) is 0 Å². The van der Waals surface area contributed by atoms with Crippen molar-refractivity contribution in [1.29, 1.82) is 0 Å². The number of thiazole rings is 1. The van der Waals surface area contributed by atoms with Crippen LogP contribution in [-0.2, 0) is 28.7 Å². The van der Waals surface area contributed by atoms with Crippen molar-refractivity contribution in [1.82, 2.24) is 10.4 Å². The number of non-ortho nitro benzene ring substituents is 1. The summed E-state index contributed by atoms with van der Waals surface area (Å²) in [5.41, 5.74) is 2.12. The maximum absolute atomic E-state index is 12.8. The summed E-state index contributed by atoms with van der Waals surface area (Å²) in [6, 6.07) is 3.91. The molecule has 2 N–H and O–H groups in total. The molecule has 176 valence electrons. The van der Waals surface area contributed by atoms with E-state index in [1.807, 2.05) is 6.92 Å². The number of carbonyl (C=O) groups is 4. The normalized spacial score (nSPS) is 12.0. The summed E-state index contributed by atoms with van der Waals surface area (Å²) in [5, 5.41) is 16.9. The van der Waals surface area contributed by atoms with E-state index < -0.39 is 40.2 Å². The molecule has 13 nitrogen and oxygen atoms in total. The summed E-state index contributed by atoms with van der Waals surface area (Å²) in [5.74, 6) is -6.84. The van der Waals surface area contributed by atoms with E-state index in [2.05, 4.69) is 30.3 Å². The number of ether oxygens (including phenoxy) is 2. The lowest BCUT2D eigenvalue weighted by Gasteiger charge is -2.14. The summed E-state index contributed by atoms with van der Waals surface area (Å²) in [6.45, 7) is 2.28. The van der Waals surface area contributed by atoms with Gasteiger partial charge in [-0.15, -0.1) is 0 Å². The van der Waals surface area contributed by atoms with Crippen LogP contribution in [0.4, 0.5) is 10.8 Å². The van der Waals surface area contributed by atoms with E-state index in [0.717, 1.165) is 32.0 Å². The molecule has 1 heterocycles. The Labute approximate surface area is 191 Å². The van der Waals surface area contributed by atoms with Crippen LogP contribution in [0.1, 0.15) is 19.8 Å². The first-order valence-electron chi connectivity index (χ1n) is 9.60. The van der Waals surface area contributed by atoms with E-state index in [0.29, 0.717) is 23.2 Å². The lowest BCUT2D eigenvalue weighted by Crippen LogP contribution is -2.43. The number of nitro benzene ring substituents is 1. The van der Waals surface area contributed by atoms with Crippen molar-refractivity contribution >= 4 is 61.7 Å². The first kappa shape index (κ1) is 25.3. The van der Waals surface area contributed by atoms with Crippen molar-refractivity contribution in [2.24, 2.45) is 11.0 Å². The number of Topliss-reactive ketones (excluding diaryl/α,β-unsaturated/α-hetero) is 1. The minimum absolute atomic E-state index is 0.0370. The van der Waals surface area contributed by atoms with Crippen LogP contribution in [0.15, 0.2) is 23.3 Å². The van der Waals surface area contributed by atoms with E-state index in [4.69, 9.17) is 0 Å². The van der Waals surface area contributed by atoms with Gasteiger partial charge in [-0.3, -0.25) is 29.8 Å². The van der Waals surface area contributed by atoms with E-state index in [9.17, 15) is 29.3 Å². The summed E-state index contributed by atoms with van der Waals surface area (Å²) in [4.78, 5) is 64.3. The van der Waals surface area contributed by atoms with Gasteiger partial charge in [0.25, 0.3) is 11.6 Å². The second kappa shape index (κ2) is 11.6. The number of nitro groups is 1. The highest BCUT2D eigenvalue weighted by Crippen LogP contribution is 2.29. The number of amides is 1. The first-order chi connectivity index (χ1) is 15.7. The Morgan fingerprint density at radius 1 is 1.24 bits per heavy atom. The van der Waals surface area contributed by atoms with Gasteiger partial charge in [-0.05, 0) is 12.5 Å². The summed E-state index contributed by atoms with van der Waals surface area (Å²) < 4.78 is 9.58. The highest BCUT2D eigenvalue weighted by molar-refractivity contribution is 7.22. The van der Waals surface area contributed by atoms with Crippen molar-refractivity contribution in [3.8, 4) is 0 Å². The third-order valence-electron chi connectivity index (χ3n) is 4.24. The second-order valence-electron chi connectivity index (χ2n) is 6.45. The van der Waals surface area contributed by atoms with Crippen LogP contribution in [0.25, 0.3) is 10.2 Å². The number of esters is 2. The molecule has 0 saturated heterocycles. The van der Waals surface area contributed by atoms with Gasteiger partial charge in [0.2, 0.25) is 5.78 Å². The molecule has 0 aliphatic carbocycles. The van der Waals surface area contributed by atoms with Crippen molar-refractivity contribution < 1.29 is 33.6 Å². The molecule has 0 fully saturated rings. The minimum atomic E-state index is -1.98. The maximum Gasteiger partial charge on any atom is 0.355 e. The number of carbonyl (C=O) groups excluding carboxylic acids is 4. The molecule has 2 aromatic rings. The Balaban J connectivity index is 2.31. The molecule has 33 heavy (non-hydrogen) atoms. The van der Waals surface area contributed by atoms with Gasteiger partial charge in [0.05, 0.1) is 29.4 Å². The third-order valence-corrected chi connectivity index (χ3v) is 5.17. The first-order valence-corrected chi connectivity index (χ1v) is 10.4. The van der Waals surface area contributed by atoms with E-state index in [1.54, 1.807) is 0 Å². The largest absolute Gasteiger partial charge is 0.468 e. The predicted octanol–water partition coefficient (Wildman–Crippen LogP) is 1.42. The number of aromatic nitrogens is 1. The minimum Gasteiger partial charge on any atom is -0.468 e. The number of hydrogen-bond acceptors (Lipinski definition) is 12. The van der Waals surface area contributed by atoms with Gasteiger partial charge >= 0.3 is 11.9 Å². The molecule has 0 saturated carbocycles. The summed E-state index contributed by atoms with van der Waals surface area (Å²) >= 11 is 0.889. The zero-order chi connectivity index (χ0) is 24.5. The van der Waals surface area contributed by atoms with Crippen molar-refractivity contribution in [2.45, 2.75) is 19.8 Å². The van der Waals surface area contributed by atoms with Gasteiger partial charge in [-0.2, -0.15) is 5.10 Å². The quantitative estimate of drug-likeness (QED) is 0.0910. The van der Waals surface area contributed by atoms with Crippen LogP contribution in [0, 0.1) is 16.0 Å². The summed E-state index contributed by atoms with van der Waals surface area (Å²) in [7, 11) is 2.02. The number of methoxy groups -OCH3 is 2. The third kappa shape index (κ3) is 6.29. The Bertz CT molecular complexity index is 1110. The number of ketones is 1. The van der Waals surface area contributed by atoms with Crippen LogP contribution >= 0.6 is 11.3 Å². The molecule has 14 heteroatoms. The standard InChI is InChI=1S/C19H21N5O8S/c1-4-5-8-20-23-14(18(28)32-3)13(17(27)31-2)15(25)16(26)22-19-21-11-7-6-10(24(29)30)9-12(11)33-19/h6-7,9,13,20H,4-5,8H2,1-3H3,(H,21,22,26)/b23-14+/t13-/m1/s1. The number of unbranched alkanes of at least 4 members (excludes halogenated alkanes) is 1. The van der Waals surface area contributed by atoms with Crippen molar-refractivity contribution in [3.05, 3.63) is 28.3 Å². The number of rotatable bonds is 11. The highest BCUT2D eigenvalue weighted by Gasteiger charge is 2.41. The highest BCUT2D eigenvalue weighted by atomic mass is 32.1. The van der Waals surface area contributed by atoms with Gasteiger partial charge in [-0.1, -0.05) is 24.7 Å². The van der Waals surface area contributed by atoms with E-state index >= 15 is 0 Å². The van der Waals surface area contributed by atoms with Gasteiger partial charge in [0.1, 0.15) is 0 Å². The molecule has 1 aromatic heterocycles. The second-order valence-corrected chi connectivity index (χ2v) is 7.48. The molecule has 0 spiro atoms.